The monoisotopic (exact) mass is 288 g/mol. The molecule has 0 aliphatic heterocycles. The fourth-order valence-electron chi connectivity index (χ4n) is 1.48. The van der Waals surface area contributed by atoms with Gasteiger partial charge in [-0.3, -0.25) is 4.79 Å². The first-order valence-electron chi connectivity index (χ1n) is 5.35. The maximum atomic E-state index is 11.6. The van der Waals surface area contributed by atoms with Crippen molar-refractivity contribution in [2.75, 3.05) is 6.61 Å². The molecule has 1 N–H and O–H groups in total. The van der Waals surface area contributed by atoms with Crippen LogP contribution in [-0.4, -0.2) is 16.6 Å². The lowest BCUT2D eigenvalue weighted by Crippen LogP contribution is -2.31. The fraction of sp³-hybridized carbons (Fsp3) is 0.636. The number of nitrogens with zero attached hydrogens (tertiary/aromatic N) is 1. The molecule has 1 aromatic heterocycles. The highest BCUT2D eigenvalue weighted by molar-refractivity contribution is 9.10. The van der Waals surface area contributed by atoms with Crippen molar-refractivity contribution in [2.45, 2.75) is 39.7 Å². The van der Waals surface area contributed by atoms with Crippen LogP contribution in [0.2, 0.25) is 0 Å². The first-order chi connectivity index (χ1) is 7.44. The van der Waals surface area contributed by atoms with Gasteiger partial charge in [0.2, 0.25) is 0 Å². The minimum atomic E-state index is -0.528. The number of nitrogens with one attached hydrogen (secondary N) is 1. The second-order valence-corrected chi connectivity index (χ2v) is 4.62. The van der Waals surface area contributed by atoms with Gasteiger partial charge in [0.25, 0.3) is 5.56 Å². The Bertz CT molecular complexity index is 430. The minimum absolute atomic E-state index is 0.165. The van der Waals surface area contributed by atoms with Crippen LogP contribution < -0.4 is 5.56 Å². The number of ether oxygens (including phenoxy) is 1. The third-order valence-corrected chi connectivity index (χ3v) is 3.60. The maximum Gasteiger partial charge on any atom is 0.265 e. The summed E-state index contributed by atoms with van der Waals surface area (Å²) in [5, 5.41) is 0. The molecule has 0 radical (unpaired) electrons. The lowest BCUT2D eigenvalue weighted by atomic mass is 10.0. The second kappa shape index (κ2) is 5.10. The smallest absolute Gasteiger partial charge is 0.265 e. The zero-order valence-electron chi connectivity index (χ0n) is 10.1. The van der Waals surface area contributed by atoms with Gasteiger partial charge in [-0.2, -0.15) is 0 Å². The fourth-order valence-corrected chi connectivity index (χ4v) is 1.67. The van der Waals surface area contributed by atoms with E-state index in [1.165, 1.54) is 0 Å². The summed E-state index contributed by atoms with van der Waals surface area (Å²) in [7, 11) is 0. The van der Waals surface area contributed by atoms with Crippen LogP contribution in [0.1, 0.15) is 38.7 Å². The quantitative estimate of drug-likeness (QED) is 0.926. The van der Waals surface area contributed by atoms with Gasteiger partial charge in [-0.15, -0.1) is 0 Å². The van der Waals surface area contributed by atoms with Gasteiger partial charge in [0, 0.05) is 6.61 Å². The summed E-state index contributed by atoms with van der Waals surface area (Å²) < 4.78 is 6.14. The van der Waals surface area contributed by atoms with Crippen LogP contribution in [0.15, 0.2) is 9.27 Å². The molecule has 1 heterocycles. The van der Waals surface area contributed by atoms with Crippen LogP contribution in [-0.2, 0) is 10.3 Å². The Labute approximate surface area is 104 Å². The molecule has 0 spiro atoms. The maximum absolute atomic E-state index is 11.6. The van der Waals surface area contributed by atoms with E-state index in [1.807, 2.05) is 20.8 Å². The highest BCUT2D eigenvalue weighted by Crippen LogP contribution is 2.26. The number of aryl methyl sites for hydroxylation is 1. The Morgan fingerprint density at radius 3 is 2.56 bits per heavy atom. The normalized spacial score (nSPS) is 14.8. The van der Waals surface area contributed by atoms with Crippen LogP contribution in [0.5, 0.6) is 0 Å². The SMILES string of the molecule is CCOC(C)(CC)c1nc(C)c(Br)c(=O)[nH]1. The molecular formula is C11H17BrN2O2. The van der Waals surface area contributed by atoms with E-state index in [1.54, 1.807) is 6.92 Å². The van der Waals surface area contributed by atoms with Gasteiger partial charge in [-0.1, -0.05) is 6.92 Å². The molecule has 1 unspecified atom stereocenters. The van der Waals surface area contributed by atoms with E-state index >= 15 is 0 Å². The van der Waals surface area contributed by atoms with E-state index in [0.29, 0.717) is 22.6 Å². The van der Waals surface area contributed by atoms with Crippen molar-refractivity contribution >= 4 is 15.9 Å². The number of aromatic nitrogens is 2. The standard InChI is InChI=1S/C11H17BrN2O2/c1-5-11(4,16-6-2)10-13-7(3)8(12)9(15)14-10/h5-6H2,1-4H3,(H,13,14,15). The van der Waals surface area contributed by atoms with E-state index in [-0.39, 0.29) is 5.56 Å². The lowest BCUT2D eigenvalue weighted by molar-refractivity contribution is -0.0393. The van der Waals surface area contributed by atoms with Crippen LogP contribution in [0.25, 0.3) is 0 Å². The summed E-state index contributed by atoms with van der Waals surface area (Å²) in [6.45, 7) is 8.25. The van der Waals surface area contributed by atoms with Gasteiger partial charge >= 0.3 is 0 Å². The van der Waals surface area contributed by atoms with Gasteiger partial charge in [0.05, 0.1) is 5.69 Å². The Balaban J connectivity index is 3.27. The van der Waals surface area contributed by atoms with E-state index < -0.39 is 5.60 Å². The molecule has 0 amide bonds. The molecule has 1 atom stereocenters. The van der Waals surface area contributed by atoms with Crippen molar-refractivity contribution in [1.29, 1.82) is 0 Å². The van der Waals surface area contributed by atoms with Crippen LogP contribution in [0, 0.1) is 6.92 Å². The molecule has 0 saturated carbocycles. The van der Waals surface area contributed by atoms with Crippen LogP contribution in [0.3, 0.4) is 0 Å². The Hall–Kier alpha value is -0.680. The summed E-state index contributed by atoms with van der Waals surface area (Å²) >= 11 is 3.19. The number of hydrogen-bond donors (Lipinski definition) is 1. The zero-order chi connectivity index (χ0) is 12.3. The second-order valence-electron chi connectivity index (χ2n) is 3.83. The largest absolute Gasteiger partial charge is 0.368 e. The molecular weight excluding hydrogens is 272 g/mol. The zero-order valence-corrected chi connectivity index (χ0v) is 11.6. The van der Waals surface area contributed by atoms with E-state index in [9.17, 15) is 4.79 Å². The molecule has 0 bridgehead atoms. The van der Waals surface area contributed by atoms with Crippen molar-refractivity contribution < 1.29 is 4.74 Å². The summed E-state index contributed by atoms with van der Waals surface area (Å²) in [6.07, 6.45) is 0.755. The van der Waals surface area contributed by atoms with E-state index in [0.717, 1.165) is 6.42 Å². The van der Waals surface area contributed by atoms with Crippen molar-refractivity contribution in [1.82, 2.24) is 9.97 Å². The highest BCUT2D eigenvalue weighted by atomic mass is 79.9. The van der Waals surface area contributed by atoms with Crippen LogP contribution >= 0.6 is 15.9 Å². The number of halogens is 1. The molecule has 5 heteroatoms. The van der Waals surface area contributed by atoms with Crippen molar-refractivity contribution in [3.05, 3.63) is 26.3 Å². The van der Waals surface area contributed by atoms with Crippen molar-refractivity contribution in [3.8, 4) is 0 Å². The Morgan fingerprint density at radius 1 is 1.50 bits per heavy atom. The third-order valence-electron chi connectivity index (χ3n) is 2.67. The molecule has 0 aliphatic carbocycles. The van der Waals surface area contributed by atoms with Gasteiger partial charge < -0.3 is 9.72 Å². The van der Waals surface area contributed by atoms with Gasteiger partial charge in [-0.05, 0) is 43.1 Å². The molecule has 0 fully saturated rings. The molecule has 4 nitrogen and oxygen atoms in total. The molecule has 0 saturated heterocycles. The molecule has 1 rings (SSSR count). The average molecular weight is 289 g/mol. The first kappa shape index (κ1) is 13.4. The topological polar surface area (TPSA) is 55.0 Å². The Kier molecular flexibility index (Phi) is 4.27. The molecule has 16 heavy (non-hydrogen) atoms. The molecule has 1 aromatic rings. The highest BCUT2D eigenvalue weighted by Gasteiger charge is 2.28. The number of aromatic amines is 1. The summed E-state index contributed by atoms with van der Waals surface area (Å²) in [5.74, 6) is 0.586. The number of H-pyrrole nitrogens is 1. The summed E-state index contributed by atoms with van der Waals surface area (Å²) in [4.78, 5) is 18.8. The number of hydrogen-bond acceptors (Lipinski definition) is 3. The van der Waals surface area contributed by atoms with Crippen molar-refractivity contribution in [2.24, 2.45) is 0 Å². The predicted octanol–water partition coefficient (Wildman–Crippen LogP) is 2.50. The van der Waals surface area contributed by atoms with Crippen molar-refractivity contribution in [3.63, 3.8) is 0 Å². The minimum Gasteiger partial charge on any atom is -0.368 e. The third kappa shape index (κ3) is 2.52. The molecule has 0 aliphatic rings. The predicted molar refractivity (Wildman–Crippen MR) is 66.6 cm³/mol. The van der Waals surface area contributed by atoms with E-state index in [4.69, 9.17) is 4.74 Å². The average Bonchev–Trinajstić information content (AvgIpc) is 2.25. The summed E-state index contributed by atoms with van der Waals surface area (Å²) in [5.41, 5.74) is -0.0145. The lowest BCUT2D eigenvalue weighted by Gasteiger charge is -2.27. The molecule has 0 aromatic carbocycles. The van der Waals surface area contributed by atoms with Gasteiger partial charge in [0.15, 0.2) is 0 Å². The number of rotatable bonds is 4. The Morgan fingerprint density at radius 2 is 2.12 bits per heavy atom. The van der Waals surface area contributed by atoms with E-state index in [2.05, 4.69) is 25.9 Å². The first-order valence-corrected chi connectivity index (χ1v) is 6.14. The van der Waals surface area contributed by atoms with Crippen LogP contribution in [0.4, 0.5) is 0 Å². The van der Waals surface area contributed by atoms with Gasteiger partial charge in [-0.25, -0.2) is 4.98 Å². The summed E-state index contributed by atoms with van der Waals surface area (Å²) in [6, 6.07) is 0. The van der Waals surface area contributed by atoms with Gasteiger partial charge in [0.1, 0.15) is 15.9 Å². The molecule has 90 valence electrons.